The number of rotatable bonds is 6. The number of nitrogens with zero attached hydrogens (tertiary/aromatic N) is 3. The summed E-state index contributed by atoms with van der Waals surface area (Å²) < 4.78 is 0.263. The van der Waals surface area contributed by atoms with Crippen molar-refractivity contribution in [1.29, 1.82) is 0 Å². The number of carbonyl (C=O) groups excluding carboxylic acids is 2. The van der Waals surface area contributed by atoms with E-state index in [0.717, 1.165) is 5.69 Å². The minimum absolute atomic E-state index is 0.178. The first-order valence-electron chi connectivity index (χ1n) is 10.8. The van der Waals surface area contributed by atoms with E-state index >= 15 is 0 Å². The summed E-state index contributed by atoms with van der Waals surface area (Å²) in [6.07, 6.45) is 3.00. The Kier molecular flexibility index (Phi) is 7.09. The van der Waals surface area contributed by atoms with E-state index in [0.29, 0.717) is 27.0 Å². The summed E-state index contributed by atoms with van der Waals surface area (Å²) in [7, 11) is 0. The summed E-state index contributed by atoms with van der Waals surface area (Å²) in [5.74, 6) is -2.11. The molecule has 1 aliphatic rings. The Hall–Kier alpha value is -2.81. The van der Waals surface area contributed by atoms with Crippen LogP contribution in [0, 0.1) is 5.92 Å². The molecule has 3 aromatic carbocycles. The van der Waals surface area contributed by atoms with Crippen LogP contribution in [0.1, 0.15) is 21.8 Å². The zero-order valence-corrected chi connectivity index (χ0v) is 22.4. The van der Waals surface area contributed by atoms with Crippen molar-refractivity contribution in [1.82, 2.24) is 14.8 Å². The summed E-state index contributed by atoms with van der Waals surface area (Å²) >= 11 is 31.3. The predicted octanol–water partition coefficient (Wildman–Crippen LogP) is 7.01. The highest BCUT2D eigenvalue weighted by Crippen LogP contribution is 2.65. The van der Waals surface area contributed by atoms with Gasteiger partial charge in [0.1, 0.15) is 17.0 Å². The molecule has 0 aliphatic heterocycles. The Morgan fingerprint density at radius 2 is 1.54 bits per heavy atom. The molecular weight excluding hydrogens is 580 g/mol. The lowest BCUT2D eigenvalue weighted by Crippen LogP contribution is -2.18. The van der Waals surface area contributed by atoms with Gasteiger partial charge in [-0.25, -0.2) is 9.67 Å². The molecule has 1 saturated carbocycles. The quantitative estimate of drug-likeness (QED) is 0.235. The van der Waals surface area contributed by atoms with Crippen LogP contribution in [0.5, 0.6) is 0 Å². The van der Waals surface area contributed by atoms with Crippen molar-refractivity contribution in [3.05, 3.63) is 99.5 Å². The van der Waals surface area contributed by atoms with Crippen LogP contribution in [0.25, 0.3) is 5.69 Å². The third-order valence-corrected chi connectivity index (χ3v) is 7.57. The van der Waals surface area contributed by atoms with Crippen molar-refractivity contribution >= 4 is 81.2 Å². The third kappa shape index (κ3) is 5.42. The molecule has 188 valence electrons. The highest BCUT2D eigenvalue weighted by molar-refractivity contribution is 6.53. The van der Waals surface area contributed by atoms with E-state index in [-0.39, 0.29) is 10.6 Å². The Bertz CT molecular complexity index is 1470. The molecule has 0 saturated heterocycles. The lowest BCUT2D eigenvalue weighted by Gasteiger charge is -2.11. The van der Waals surface area contributed by atoms with Gasteiger partial charge in [-0.1, -0.05) is 34.8 Å². The Balaban J connectivity index is 1.29. The average molecular weight is 596 g/mol. The number of nitrogens with one attached hydrogen (secondary N) is 2. The molecule has 0 radical (unpaired) electrons. The van der Waals surface area contributed by atoms with Crippen molar-refractivity contribution < 1.29 is 9.59 Å². The van der Waals surface area contributed by atoms with Gasteiger partial charge in [0.25, 0.3) is 5.91 Å². The first kappa shape index (κ1) is 25.8. The number of carbonyl (C=O) groups is 2. The Morgan fingerprint density at radius 3 is 2.19 bits per heavy atom. The van der Waals surface area contributed by atoms with Gasteiger partial charge < -0.3 is 10.6 Å². The minimum Gasteiger partial charge on any atom is -0.326 e. The number of anilines is 2. The SMILES string of the molecule is O=C(Nc1ccc(-n2cncn2)cc1)c1cc(NC(=O)[C@@H]2[C@@H](c3cc(Cl)cc(Cl)c3)C2(Cl)Cl)ccc1Cl. The number of benzene rings is 3. The number of hydrogen-bond donors (Lipinski definition) is 2. The third-order valence-electron chi connectivity index (χ3n) is 5.87. The van der Waals surface area contributed by atoms with Gasteiger partial charge in [0.15, 0.2) is 0 Å². The van der Waals surface area contributed by atoms with Crippen LogP contribution in [0.3, 0.4) is 0 Å². The van der Waals surface area contributed by atoms with Crippen LogP contribution in [0.2, 0.25) is 15.1 Å². The smallest absolute Gasteiger partial charge is 0.257 e. The van der Waals surface area contributed by atoms with E-state index in [1.165, 1.54) is 18.5 Å². The number of alkyl halides is 2. The molecule has 0 bridgehead atoms. The molecule has 1 fully saturated rings. The van der Waals surface area contributed by atoms with Crippen molar-refractivity contribution in [2.24, 2.45) is 5.92 Å². The maximum absolute atomic E-state index is 13.0. The van der Waals surface area contributed by atoms with E-state index in [4.69, 9.17) is 58.0 Å². The Labute approximate surface area is 236 Å². The van der Waals surface area contributed by atoms with Crippen LogP contribution >= 0.6 is 58.0 Å². The van der Waals surface area contributed by atoms with Crippen molar-refractivity contribution in [3.8, 4) is 5.69 Å². The monoisotopic (exact) mass is 593 g/mol. The lowest BCUT2D eigenvalue weighted by molar-refractivity contribution is -0.117. The summed E-state index contributed by atoms with van der Waals surface area (Å²) in [5, 5.41) is 10.7. The fourth-order valence-corrected chi connectivity index (χ4v) is 5.63. The molecular formula is C25H16Cl5N5O2. The van der Waals surface area contributed by atoms with Gasteiger partial charge in [-0.3, -0.25) is 9.59 Å². The first-order valence-corrected chi connectivity index (χ1v) is 12.7. The topological polar surface area (TPSA) is 88.9 Å². The molecule has 2 amide bonds. The van der Waals surface area contributed by atoms with Crippen molar-refractivity contribution in [3.63, 3.8) is 0 Å². The van der Waals surface area contributed by atoms with Crippen LogP contribution in [0.4, 0.5) is 11.4 Å². The molecule has 5 rings (SSSR count). The molecule has 1 aliphatic carbocycles. The van der Waals surface area contributed by atoms with Crippen LogP contribution in [-0.2, 0) is 4.79 Å². The molecule has 7 nitrogen and oxygen atoms in total. The second-order valence-electron chi connectivity index (χ2n) is 8.36. The largest absolute Gasteiger partial charge is 0.326 e. The highest BCUT2D eigenvalue weighted by atomic mass is 35.5. The van der Waals surface area contributed by atoms with Gasteiger partial charge in [0, 0.05) is 27.3 Å². The summed E-state index contributed by atoms with van der Waals surface area (Å²) in [6, 6.07) is 16.5. The van der Waals surface area contributed by atoms with Gasteiger partial charge in [-0.05, 0) is 66.2 Å². The fraction of sp³-hybridized carbons (Fsp3) is 0.120. The summed E-state index contributed by atoms with van der Waals surface area (Å²) in [6.45, 7) is 0. The molecule has 12 heteroatoms. The normalized spacial score (nSPS) is 17.8. The second-order valence-corrected chi connectivity index (χ2v) is 11.1. The van der Waals surface area contributed by atoms with Crippen molar-refractivity contribution in [2.75, 3.05) is 10.6 Å². The molecule has 0 unspecified atom stereocenters. The molecule has 0 spiro atoms. The van der Waals surface area contributed by atoms with E-state index < -0.39 is 28.0 Å². The average Bonchev–Trinajstić information content (AvgIpc) is 3.16. The molecule has 2 N–H and O–H groups in total. The standard InChI is InChI=1S/C25H16Cl5N5O2/c26-14-7-13(8-15(27)9-14)21-22(25(21,29)30)24(37)34-17-3-6-20(28)19(10-17)23(36)33-16-1-4-18(5-2-16)35-12-31-11-32-35/h1-12,21-22H,(H,33,36)(H,34,37)/t21-,22+/m1/s1. The van der Waals surface area contributed by atoms with Gasteiger partial charge in [-0.2, -0.15) is 5.10 Å². The predicted molar refractivity (Wildman–Crippen MR) is 147 cm³/mol. The maximum atomic E-state index is 13.0. The lowest BCUT2D eigenvalue weighted by atomic mass is 10.1. The van der Waals surface area contributed by atoms with E-state index in [1.807, 2.05) is 0 Å². The number of amides is 2. The number of halogens is 5. The van der Waals surface area contributed by atoms with Crippen LogP contribution in [-0.4, -0.2) is 30.9 Å². The molecule has 1 aromatic heterocycles. The Morgan fingerprint density at radius 1 is 0.865 bits per heavy atom. The first-order chi connectivity index (χ1) is 17.6. The van der Waals surface area contributed by atoms with E-state index in [1.54, 1.807) is 59.5 Å². The van der Waals surface area contributed by atoms with Crippen LogP contribution in [0.15, 0.2) is 73.3 Å². The zero-order chi connectivity index (χ0) is 26.3. The molecule has 2 atom stereocenters. The highest BCUT2D eigenvalue weighted by Gasteiger charge is 2.67. The maximum Gasteiger partial charge on any atom is 0.257 e. The minimum atomic E-state index is -1.33. The fourth-order valence-electron chi connectivity index (χ4n) is 4.06. The van der Waals surface area contributed by atoms with Gasteiger partial charge in [0.05, 0.1) is 22.2 Å². The zero-order valence-electron chi connectivity index (χ0n) is 18.6. The van der Waals surface area contributed by atoms with E-state index in [9.17, 15) is 9.59 Å². The number of hydrogen-bond acceptors (Lipinski definition) is 4. The second kappa shape index (κ2) is 10.2. The molecule has 4 aromatic rings. The van der Waals surface area contributed by atoms with Gasteiger partial charge >= 0.3 is 0 Å². The van der Waals surface area contributed by atoms with E-state index in [2.05, 4.69) is 20.7 Å². The summed E-state index contributed by atoms with van der Waals surface area (Å²) in [5.41, 5.74) is 2.53. The number of aromatic nitrogens is 3. The molecule has 1 heterocycles. The van der Waals surface area contributed by atoms with Crippen molar-refractivity contribution in [2.45, 2.75) is 10.3 Å². The van der Waals surface area contributed by atoms with Gasteiger partial charge in [-0.15, -0.1) is 23.2 Å². The summed E-state index contributed by atoms with van der Waals surface area (Å²) in [4.78, 5) is 29.9. The van der Waals surface area contributed by atoms with Crippen LogP contribution < -0.4 is 10.6 Å². The van der Waals surface area contributed by atoms with Gasteiger partial charge in [0.2, 0.25) is 5.91 Å². The molecule has 37 heavy (non-hydrogen) atoms.